The number of nitrogens with zero attached hydrogens (tertiary/aromatic N) is 3. The molecule has 2 aromatic heterocycles. The number of hydrogen-bond acceptors (Lipinski definition) is 7. The number of carbonyl (C=O) groups excluding carboxylic acids is 1. The van der Waals surface area contributed by atoms with Gasteiger partial charge in [-0.05, 0) is 63.9 Å². The quantitative estimate of drug-likeness (QED) is 0.466. The van der Waals surface area contributed by atoms with Crippen LogP contribution in [0, 0.1) is 0 Å². The van der Waals surface area contributed by atoms with Crippen LogP contribution in [0.5, 0.6) is 0 Å². The Morgan fingerprint density at radius 2 is 2.08 bits per heavy atom. The average Bonchev–Trinajstić information content (AvgIpc) is 3.23. The normalized spacial score (nSPS) is 18.7. The van der Waals surface area contributed by atoms with Gasteiger partial charge in [0.15, 0.2) is 0 Å². The Hall–Kier alpha value is -2.42. The van der Waals surface area contributed by atoms with E-state index in [1.165, 1.54) is 43.6 Å². The van der Waals surface area contributed by atoms with Crippen molar-refractivity contribution in [2.75, 3.05) is 33.0 Å². The van der Waals surface area contributed by atoms with Gasteiger partial charge >= 0.3 is 0 Å². The van der Waals surface area contributed by atoms with Gasteiger partial charge in [0.25, 0.3) is 5.91 Å². The summed E-state index contributed by atoms with van der Waals surface area (Å²) in [5, 5.41) is 4.23. The van der Waals surface area contributed by atoms with Crippen LogP contribution in [0.15, 0.2) is 34.6 Å². The van der Waals surface area contributed by atoms with E-state index < -0.39 is 0 Å². The third kappa shape index (κ3) is 6.66. The summed E-state index contributed by atoms with van der Waals surface area (Å²) >= 11 is 7.65. The number of methoxy groups -OCH3 is 1. The van der Waals surface area contributed by atoms with E-state index in [-0.39, 0.29) is 11.9 Å². The molecule has 2 aliphatic rings. The highest BCUT2D eigenvalue weighted by atomic mass is 35.5. The van der Waals surface area contributed by atoms with Crippen LogP contribution in [-0.4, -0.2) is 54.1 Å². The van der Waals surface area contributed by atoms with Crippen molar-refractivity contribution in [3.63, 3.8) is 0 Å². The molecule has 0 aromatic carbocycles. The zero-order chi connectivity index (χ0) is 26.2. The third-order valence-corrected chi connectivity index (χ3v) is 8.00. The van der Waals surface area contributed by atoms with Crippen LogP contribution in [0.2, 0.25) is 0 Å². The Kier molecular flexibility index (Phi) is 10.3. The van der Waals surface area contributed by atoms with Gasteiger partial charge < -0.3 is 20.7 Å². The molecule has 2 aromatic rings. The minimum absolute atomic E-state index is 0.133. The zero-order valence-corrected chi connectivity index (χ0v) is 23.6. The van der Waals surface area contributed by atoms with Gasteiger partial charge in [-0.3, -0.25) is 4.79 Å². The summed E-state index contributed by atoms with van der Waals surface area (Å²) in [7, 11) is 3.83. The molecule has 1 saturated heterocycles. The van der Waals surface area contributed by atoms with Gasteiger partial charge in [-0.25, -0.2) is 9.97 Å². The Morgan fingerprint density at radius 3 is 2.69 bits per heavy atom. The maximum atomic E-state index is 12.3. The van der Waals surface area contributed by atoms with E-state index >= 15 is 0 Å². The molecule has 1 atom stereocenters. The maximum Gasteiger partial charge on any atom is 0.261 e. The number of nitrogen functional groups attached to an aromatic ring is 1. The van der Waals surface area contributed by atoms with Crippen LogP contribution in [0.1, 0.15) is 74.7 Å². The molecule has 1 aliphatic heterocycles. The van der Waals surface area contributed by atoms with E-state index in [9.17, 15) is 4.79 Å². The fourth-order valence-electron chi connectivity index (χ4n) is 4.61. The zero-order valence-electron chi connectivity index (χ0n) is 22.0. The summed E-state index contributed by atoms with van der Waals surface area (Å²) in [6.45, 7) is 8.11. The van der Waals surface area contributed by atoms with Crippen LogP contribution in [-0.2, 0) is 4.74 Å². The average molecular weight is 532 g/mol. The molecule has 4 rings (SSSR count). The molecule has 0 radical (unpaired) electrons. The number of likely N-dealkylation sites (tertiary alicyclic amines) is 1. The molecule has 9 heteroatoms. The molecule has 7 nitrogen and oxygen atoms in total. The SMILES string of the molecule is CCC1CCCCN1C.CCNC(=O)c1cc2c(C3=CC(OC)=C(Cl)CC=C3CC)nc(N)nc2s1. The molecule has 0 saturated carbocycles. The summed E-state index contributed by atoms with van der Waals surface area (Å²) in [6.07, 6.45) is 11.0. The molecule has 196 valence electrons. The van der Waals surface area contributed by atoms with Crippen molar-refractivity contribution in [2.24, 2.45) is 0 Å². The number of piperidine rings is 1. The van der Waals surface area contributed by atoms with E-state index in [2.05, 4.69) is 47.2 Å². The highest BCUT2D eigenvalue weighted by molar-refractivity contribution is 7.20. The van der Waals surface area contributed by atoms with Gasteiger partial charge in [-0.2, -0.15) is 0 Å². The maximum absolute atomic E-state index is 12.3. The Morgan fingerprint density at radius 1 is 1.31 bits per heavy atom. The minimum atomic E-state index is -0.133. The minimum Gasteiger partial charge on any atom is -0.496 e. The number of halogens is 1. The van der Waals surface area contributed by atoms with E-state index in [1.54, 1.807) is 7.11 Å². The molecule has 0 spiro atoms. The summed E-state index contributed by atoms with van der Waals surface area (Å²) in [5.41, 5.74) is 8.61. The fraction of sp³-hybridized carbons (Fsp3) is 0.519. The van der Waals surface area contributed by atoms with Gasteiger partial charge in [0.2, 0.25) is 5.95 Å². The van der Waals surface area contributed by atoms with E-state index in [4.69, 9.17) is 22.1 Å². The molecule has 3 N–H and O–H groups in total. The molecule has 3 heterocycles. The smallest absolute Gasteiger partial charge is 0.261 e. The molecule has 1 aliphatic carbocycles. The lowest BCUT2D eigenvalue weighted by Crippen LogP contribution is -2.35. The van der Waals surface area contributed by atoms with Crippen molar-refractivity contribution in [1.82, 2.24) is 20.2 Å². The van der Waals surface area contributed by atoms with Gasteiger partial charge in [-0.1, -0.05) is 37.9 Å². The highest BCUT2D eigenvalue weighted by Crippen LogP contribution is 2.37. The Balaban J connectivity index is 0.000000338. The van der Waals surface area contributed by atoms with E-state index in [0.717, 1.165) is 29.0 Å². The fourth-order valence-corrected chi connectivity index (χ4v) is 5.78. The van der Waals surface area contributed by atoms with Crippen molar-refractivity contribution in [3.8, 4) is 0 Å². The first-order valence-corrected chi connectivity index (χ1v) is 13.9. The number of nitrogens with one attached hydrogen (secondary N) is 1. The predicted molar refractivity (Wildman–Crippen MR) is 151 cm³/mol. The molecule has 1 amide bonds. The number of fused-ring (bicyclic) bond motifs is 1. The predicted octanol–water partition coefficient (Wildman–Crippen LogP) is 6.12. The number of amides is 1. The van der Waals surface area contributed by atoms with Crippen molar-refractivity contribution in [3.05, 3.63) is 45.2 Å². The molecule has 0 bridgehead atoms. The van der Waals surface area contributed by atoms with Gasteiger partial charge in [0.05, 0.1) is 22.7 Å². The molecule has 1 fully saturated rings. The van der Waals surface area contributed by atoms with Crippen LogP contribution in [0.3, 0.4) is 0 Å². The van der Waals surface area contributed by atoms with Gasteiger partial charge in [0.1, 0.15) is 10.6 Å². The topological polar surface area (TPSA) is 93.4 Å². The number of rotatable bonds is 6. The first-order valence-electron chi connectivity index (χ1n) is 12.7. The monoisotopic (exact) mass is 531 g/mol. The van der Waals surface area contributed by atoms with Crippen molar-refractivity contribution < 1.29 is 9.53 Å². The number of carbonyl (C=O) groups is 1. The summed E-state index contributed by atoms with van der Waals surface area (Å²) in [4.78, 5) is 24.8. The number of thiophene rings is 1. The highest BCUT2D eigenvalue weighted by Gasteiger charge is 2.21. The largest absolute Gasteiger partial charge is 0.496 e. The van der Waals surface area contributed by atoms with E-state index in [1.807, 2.05) is 19.1 Å². The number of hydrogen-bond donors (Lipinski definition) is 2. The second kappa shape index (κ2) is 13.2. The lowest BCUT2D eigenvalue weighted by Gasteiger charge is -2.31. The van der Waals surface area contributed by atoms with Crippen LogP contribution < -0.4 is 11.1 Å². The lowest BCUT2D eigenvalue weighted by molar-refractivity contribution is 0.0960. The Bertz CT molecular complexity index is 1170. The summed E-state index contributed by atoms with van der Waals surface area (Å²) in [6, 6.07) is 2.70. The molecular formula is C27H38ClN5O2S. The first kappa shape index (κ1) is 28.2. The number of allylic oxidation sites excluding steroid dienone is 5. The van der Waals surface area contributed by atoms with Gasteiger partial charge in [0, 0.05) is 30.0 Å². The van der Waals surface area contributed by atoms with Crippen molar-refractivity contribution in [2.45, 2.75) is 65.3 Å². The third-order valence-electron chi connectivity index (χ3n) is 6.64. The molecule has 1 unspecified atom stereocenters. The van der Waals surface area contributed by atoms with Crippen LogP contribution in [0.25, 0.3) is 15.8 Å². The number of ether oxygens (including phenoxy) is 1. The molecular weight excluding hydrogens is 494 g/mol. The van der Waals surface area contributed by atoms with E-state index in [0.29, 0.717) is 39.2 Å². The lowest BCUT2D eigenvalue weighted by atomic mass is 9.98. The second-order valence-electron chi connectivity index (χ2n) is 8.98. The number of anilines is 1. The van der Waals surface area contributed by atoms with Crippen LogP contribution in [0.4, 0.5) is 5.95 Å². The van der Waals surface area contributed by atoms with Crippen molar-refractivity contribution in [1.29, 1.82) is 0 Å². The Labute approximate surface area is 223 Å². The number of aromatic nitrogens is 2. The number of nitrogens with two attached hydrogens (primary N) is 1. The van der Waals surface area contributed by atoms with Gasteiger partial charge in [-0.15, -0.1) is 11.3 Å². The molecule has 36 heavy (non-hydrogen) atoms. The summed E-state index contributed by atoms with van der Waals surface area (Å²) < 4.78 is 5.45. The summed E-state index contributed by atoms with van der Waals surface area (Å²) in [5.74, 6) is 0.624. The van der Waals surface area contributed by atoms with Crippen LogP contribution >= 0.6 is 22.9 Å². The first-order chi connectivity index (χ1) is 17.3. The standard InChI is InChI=1S/C19H21ClN4O2S.C8H17N/c1-4-10-6-7-13(20)14(26-3)8-11(10)16-12-9-15(17(25)22-5-2)27-18(12)24-19(21)23-16;1-3-8-6-4-5-7-9(8)2/h6,8-9H,4-5,7H2,1-3H3,(H,22,25)(H2,21,23,24);8H,3-7H2,1-2H3. The van der Waals surface area contributed by atoms with Crippen molar-refractivity contribution >= 4 is 50.6 Å². The second-order valence-corrected chi connectivity index (χ2v) is 10.5.